The molecule has 0 aliphatic carbocycles. The van der Waals surface area contributed by atoms with Crippen LogP contribution in [0.5, 0.6) is 0 Å². The number of hydrogen-bond acceptors (Lipinski definition) is 3. The molecule has 1 saturated heterocycles. The Morgan fingerprint density at radius 3 is 2.42 bits per heavy atom. The molecule has 0 saturated carbocycles. The zero-order chi connectivity index (χ0) is 21.5. The molecular formula is C22H28F2IN5O. The summed E-state index contributed by atoms with van der Waals surface area (Å²) in [7, 11) is 1.68. The Kier molecular flexibility index (Phi) is 9.47. The molecule has 2 aromatic carbocycles. The molecule has 1 atom stereocenters. The summed E-state index contributed by atoms with van der Waals surface area (Å²) in [6.07, 6.45) is 0.746. The number of halogens is 3. The number of amides is 1. The minimum Gasteiger partial charge on any atom is -0.365 e. The van der Waals surface area contributed by atoms with E-state index in [2.05, 4.69) is 20.9 Å². The summed E-state index contributed by atoms with van der Waals surface area (Å²) in [5.41, 5.74) is 1.65. The van der Waals surface area contributed by atoms with E-state index in [1.165, 1.54) is 18.2 Å². The second kappa shape index (κ2) is 11.8. The zero-order valence-electron chi connectivity index (χ0n) is 17.6. The maximum Gasteiger partial charge on any atom is 0.251 e. The lowest BCUT2D eigenvalue weighted by Gasteiger charge is -2.21. The van der Waals surface area contributed by atoms with Crippen molar-refractivity contribution in [2.75, 3.05) is 31.6 Å². The van der Waals surface area contributed by atoms with E-state index in [4.69, 9.17) is 0 Å². The monoisotopic (exact) mass is 543 g/mol. The second-order valence-corrected chi connectivity index (χ2v) is 7.13. The van der Waals surface area contributed by atoms with Crippen LogP contribution in [0.25, 0.3) is 0 Å². The quantitative estimate of drug-likeness (QED) is 0.298. The van der Waals surface area contributed by atoms with Gasteiger partial charge >= 0.3 is 0 Å². The lowest BCUT2D eigenvalue weighted by molar-refractivity contribution is 0.0956. The summed E-state index contributed by atoms with van der Waals surface area (Å²) < 4.78 is 28.0. The highest BCUT2D eigenvalue weighted by Gasteiger charge is 2.27. The Bertz CT molecular complexity index is 887. The van der Waals surface area contributed by atoms with Gasteiger partial charge in [0.15, 0.2) is 5.96 Å². The van der Waals surface area contributed by atoms with Gasteiger partial charge in [0.2, 0.25) is 0 Å². The number of carbonyl (C=O) groups excluding carboxylic acids is 1. The van der Waals surface area contributed by atoms with Crippen molar-refractivity contribution in [3.05, 3.63) is 65.2 Å². The number of nitrogens with one attached hydrogen (secondary N) is 3. The molecule has 1 aliphatic rings. The van der Waals surface area contributed by atoms with E-state index in [0.29, 0.717) is 37.7 Å². The number of rotatable bonds is 6. The van der Waals surface area contributed by atoms with Gasteiger partial charge in [0.1, 0.15) is 17.3 Å². The van der Waals surface area contributed by atoms with Crippen molar-refractivity contribution in [1.82, 2.24) is 16.0 Å². The highest BCUT2D eigenvalue weighted by Crippen LogP contribution is 2.26. The summed E-state index contributed by atoms with van der Waals surface area (Å²) in [4.78, 5) is 17.8. The highest BCUT2D eigenvalue weighted by molar-refractivity contribution is 14.0. The standard InChI is InChI=1S/C22H27F2N5O.HI/c1-3-26-21(30)16-9-7-15(8-10-16)13-27-22(25-2)28-17-11-12-29(14-17)20-18(23)5-4-6-19(20)24;/h4-10,17H,3,11-14H2,1-2H3,(H,26,30)(H2,25,27,28);1H. The Labute approximate surface area is 198 Å². The molecule has 9 heteroatoms. The number of guanidine groups is 1. The largest absolute Gasteiger partial charge is 0.365 e. The predicted octanol–water partition coefficient (Wildman–Crippen LogP) is 3.28. The topological polar surface area (TPSA) is 68.8 Å². The summed E-state index contributed by atoms with van der Waals surface area (Å²) in [6, 6.07) is 11.3. The fraction of sp³-hybridized carbons (Fsp3) is 0.364. The summed E-state index contributed by atoms with van der Waals surface area (Å²) in [6.45, 7) is 4.05. The van der Waals surface area contributed by atoms with Crippen LogP contribution < -0.4 is 20.9 Å². The average molecular weight is 543 g/mol. The zero-order valence-corrected chi connectivity index (χ0v) is 20.0. The van der Waals surface area contributed by atoms with Crippen LogP contribution in [0.1, 0.15) is 29.3 Å². The Hall–Kier alpha value is -2.43. The fourth-order valence-corrected chi connectivity index (χ4v) is 3.48. The SMILES string of the molecule is CCNC(=O)c1ccc(CNC(=NC)NC2CCN(c3c(F)cccc3F)C2)cc1.I. The van der Waals surface area contributed by atoms with Gasteiger partial charge in [0, 0.05) is 44.8 Å². The van der Waals surface area contributed by atoms with Crippen LogP contribution in [0.2, 0.25) is 0 Å². The van der Waals surface area contributed by atoms with Gasteiger partial charge in [-0.15, -0.1) is 24.0 Å². The molecular weight excluding hydrogens is 515 g/mol. The molecule has 0 bridgehead atoms. The van der Waals surface area contributed by atoms with Crippen molar-refractivity contribution in [2.45, 2.75) is 25.9 Å². The van der Waals surface area contributed by atoms with Crippen molar-refractivity contribution in [1.29, 1.82) is 0 Å². The lowest BCUT2D eigenvalue weighted by atomic mass is 10.1. The average Bonchev–Trinajstić information content (AvgIpc) is 3.19. The molecule has 1 amide bonds. The number of hydrogen-bond donors (Lipinski definition) is 3. The van der Waals surface area contributed by atoms with Crippen molar-refractivity contribution in [2.24, 2.45) is 4.99 Å². The van der Waals surface area contributed by atoms with E-state index in [1.807, 2.05) is 19.1 Å². The van der Waals surface area contributed by atoms with Gasteiger partial charge < -0.3 is 20.9 Å². The van der Waals surface area contributed by atoms with Gasteiger partial charge in [-0.3, -0.25) is 9.79 Å². The molecule has 1 fully saturated rings. The number of para-hydroxylation sites is 1. The first-order valence-corrected chi connectivity index (χ1v) is 10.0. The van der Waals surface area contributed by atoms with E-state index in [1.54, 1.807) is 24.1 Å². The van der Waals surface area contributed by atoms with Crippen molar-refractivity contribution < 1.29 is 13.6 Å². The van der Waals surface area contributed by atoms with Crippen LogP contribution in [0.4, 0.5) is 14.5 Å². The minimum atomic E-state index is -0.547. The number of anilines is 1. The van der Waals surface area contributed by atoms with Crippen LogP contribution in [0, 0.1) is 11.6 Å². The van der Waals surface area contributed by atoms with Gasteiger partial charge in [-0.1, -0.05) is 18.2 Å². The molecule has 3 rings (SSSR count). The second-order valence-electron chi connectivity index (χ2n) is 7.13. The Morgan fingerprint density at radius 1 is 1.13 bits per heavy atom. The molecule has 1 unspecified atom stereocenters. The third-order valence-electron chi connectivity index (χ3n) is 5.02. The fourth-order valence-electron chi connectivity index (χ4n) is 3.48. The first kappa shape index (κ1) is 24.8. The van der Waals surface area contributed by atoms with E-state index >= 15 is 0 Å². The maximum absolute atomic E-state index is 14.0. The highest BCUT2D eigenvalue weighted by atomic mass is 127. The van der Waals surface area contributed by atoms with Crippen molar-refractivity contribution in [3.8, 4) is 0 Å². The molecule has 0 aromatic heterocycles. The first-order chi connectivity index (χ1) is 14.5. The van der Waals surface area contributed by atoms with Crippen molar-refractivity contribution in [3.63, 3.8) is 0 Å². The molecule has 0 spiro atoms. The molecule has 0 radical (unpaired) electrons. The third kappa shape index (κ3) is 6.52. The molecule has 2 aromatic rings. The molecule has 6 nitrogen and oxygen atoms in total. The number of benzene rings is 2. The van der Waals surface area contributed by atoms with Gasteiger partial charge in [0.05, 0.1) is 0 Å². The van der Waals surface area contributed by atoms with E-state index in [-0.39, 0.29) is 41.6 Å². The van der Waals surface area contributed by atoms with Crippen LogP contribution in [-0.2, 0) is 6.54 Å². The number of carbonyl (C=O) groups is 1. The molecule has 31 heavy (non-hydrogen) atoms. The van der Waals surface area contributed by atoms with Crippen LogP contribution in [0.15, 0.2) is 47.5 Å². The third-order valence-corrected chi connectivity index (χ3v) is 5.02. The smallest absolute Gasteiger partial charge is 0.251 e. The summed E-state index contributed by atoms with van der Waals surface area (Å²) in [5, 5.41) is 9.31. The van der Waals surface area contributed by atoms with Crippen LogP contribution in [0.3, 0.4) is 0 Å². The van der Waals surface area contributed by atoms with E-state index in [9.17, 15) is 13.6 Å². The van der Waals surface area contributed by atoms with Crippen molar-refractivity contribution >= 4 is 41.5 Å². The Morgan fingerprint density at radius 2 is 1.81 bits per heavy atom. The number of nitrogens with zero attached hydrogens (tertiary/aromatic N) is 2. The maximum atomic E-state index is 14.0. The van der Waals surface area contributed by atoms with Crippen LogP contribution >= 0.6 is 24.0 Å². The first-order valence-electron chi connectivity index (χ1n) is 10.0. The molecule has 3 N–H and O–H groups in total. The lowest BCUT2D eigenvalue weighted by Crippen LogP contribution is -2.44. The molecule has 1 aliphatic heterocycles. The molecule has 1 heterocycles. The van der Waals surface area contributed by atoms with Crippen LogP contribution in [-0.4, -0.2) is 44.6 Å². The minimum absolute atomic E-state index is 0. The summed E-state index contributed by atoms with van der Waals surface area (Å²) >= 11 is 0. The van der Waals surface area contributed by atoms with Gasteiger partial charge in [-0.2, -0.15) is 0 Å². The van der Waals surface area contributed by atoms with Gasteiger partial charge in [-0.25, -0.2) is 8.78 Å². The van der Waals surface area contributed by atoms with E-state index in [0.717, 1.165) is 12.0 Å². The Balaban J connectivity index is 0.00000341. The summed E-state index contributed by atoms with van der Waals surface area (Å²) in [5.74, 6) is -0.571. The normalized spacial score (nSPS) is 15.9. The van der Waals surface area contributed by atoms with Gasteiger partial charge in [0.25, 0.3) is 5.91 Å². The molecule has 168 valence electrons. The number of aliphatic imine (C=N–C) groups is 1. The van der Waals surface area contributed by atoms with Gasteiger partial charge in [-0.05, 0) is 43.2 Å². The predicted molar refractivity (Wildman–Crippen MR) is 130 cm³/mol. The van der Waals surface area contributed by atoms with E-state index < -0.39 is 11.6 Å².